The van der Waals surface area contributed by atoms with Crippen molar-refractivity contribution in [3.05, 3.63) is 45.8 Å². The van der Waals surface area contributed by atoms with Gasteiger partial charge in [0.15, 0.2) is 10.8 Å². The highest BCUT2D eigenvalue weighted by molar-refractivity contribution is 7.99. The fourth-order valence-electron chi connectivity index (χ4n) is 3.39. The minimum absolute atomic E-state index is 0.0362. The summed E-state index contributed by atoms with van der Waals surface area (Å²) < 4.78 is 1.59. The molecule has 2 heterocycles. The Morgan fingerprint density at radius 1 is 1.25 bits per heavy atom. The van der Waals surface area contributed by atoms with E-state index in [1.165, 1.54) is 24.4 Å². The molecule has 2 N–H and O–H groups in total. The first-order valence-electron chi connectivity index (χ1n) is 9.26. The van der Waals surface area contributed by atoms with Gasteiger partial charge in [0, 0.05) is 11.1 Å². The molecule has 4 rings (SSSR count). The van der Waals surface area contributed by atoms with Crippen LogP contribution in [-0.2, 0) is 4.79 Å². The van der Waals surface area contributed by atoms with Crippen LogP contribution >= 0.6 is 23.4 Å². The number of hydrogen-bond donors (Lipinski definition) is 2. The summed E-state index contributed by atoms with van der Waals surface area (Å²) in [6.07, 6.45) is 7.14. The highest BCUT2D eigenvalue weighted by Crippen LogP contribution is 2.20. The molecular weight excluding hydrogens is 398 g/mol. The van der Waals surface area contributed by atoms with Gasteiger partial charge >= 0.3 is 0 Å². The molecule has 28 heavy (non-hydrogen) atoms. The number of nitrogens with zero attached hydrogens (tertiary/aromatic N) is 3. The van der Waals surface area contributed by atoms with E-state index in [-0.39, 0.29) is 23.3 Å². The van der Waals surface area contributed by atoms with Crippen LogP contribution in [-0.4, -0.2) is 37.5 Å². The van der Waals surface area contributed by atoms with Crippen LogP contribution in [0.4, 0.5) is 0 Å². The number of H-pyrrole nitrogens is 1. The Balaban J connectivity index is 1.51. The predicted octanol–water partition coefficient (Wildman–Crippen LogP) is 3.30. The van der Waals surface area contributed by atoms with Gasteiger partial charge in [-0.15, -0.1) is 0 Å². The van der Waals surface area contributed by atoms with Crippen LogP contribution in [0.25, 0.3) is 16.7 Å². The van der Waals surface area contributed by atoms with Crippen LogP contribution in [0.15, 0.2) is 40.4 Å². The molecule has 0 radical (unpaired) electrons. The summed E-state index contributed by atoms with van der Waals surface area (Å²) in [5.41, 5.74) is 0.921. The van der Waals surface area contributed by atoms with Gasteiger partial charge in [0.05, 0.1) is 17.6 Å². The molecule has 1 fully saturated rings. The summed E-state index contributed by atoms with van der Waals surface area (Å²) in [6.45, 7) is 0. The summed E-state index contributed by atoms with van der Waals surface area (Å²) in [6, 6.07) is 7.39. The Bertz CT molecular complexity index is 1040. The summed E-state index contributed by atoms with van der Waals surface area (Å²) in [4.78, 5) is 31.8. The lowest BCUT2D eigenvalue weighted by Gasteiger charge is -2.22. The minimum atomic E-state index is -0.277. The second-order valence-corrected chi connectivity index (χ2v) is 8.23. The Hall–Kier alpha value is -2.32. The van der Waals surface area contributed by atoms with Crippen molar-refractivity contribution in [2.24, 2.45) is 0 Å². The van der Waals surface area contributed by atoms with E-state index in [0.29, 0.717) is 21.2 Å². The van der Waals surface area contributed by atoms with Gasteiger partial charge in [-0.1, -0.05) is 42.6 Å². The maximum absolute atomic E-state index is 12.4. The van der Waals surface area contributed by atoms with Crippen molar-refractivity contribution in [3.63, 3.8) is 0 Å². The van der Waals surface area contributed by atoms with Gasteiger partial charge in [-0.3, -0.25) is 9.59 Å². The molecule has 1 aromatic carbocycles. The Kier molecular flexibility index (Phi) is 5.68. The smallest absolute Gasteiger partial charge is 0.262 e. The second kappa shape index (κ2) is 8.36. The Morgan fingerprint density at radius 3 is 2.75 bits per heavy atom. The third-order valence-electron chi connectivity index (χ3n) is 4.80. The van der Waals surface area contributed by atoms with Gasteiger partial charge in [-0.2, -0.15) is 5.10 Å². The molecule has 9 heteroatoms. The van der Waals surface area contributed by atoms with Crippen LogP contribution in [0.5, 0.6) is 0 Å². The molecule has 3 aromatic rings. The number of aromatic amines is 1. The van der Waals surface area contributed by atoms with Crippen LogP contribution < -0.4 is 10.9 Å². The van der Waals surface area contributed by atoms with Gasteiger partial charge < -0.3 is 10.3 Å². The highest BCUT2D eigenvalue weighted by atomic mass is 35.5. The number of amides is 1. The molecule has 0 bridgehead atoms. The predicted molar refractivity (Wildman–Crippen MR) is 110 cm³/mol. The monoisotopic (exact) mass is 417 g/mol. The number of halogens is 1. The van der Waals surface area contributed by atoms with E-state index < -0.39 is 0 Å². The average molecular weight is 418 g/mol. The first-order chi connectivity index (χ1) is 13.6. The van der Waals surface area contributed by atoms with Crippen LogP contribution in [0, 0.1) is 0 Å². The van der Waals surface area contributed by atoms with Crippen molar-refractivity contribution in [2.75, 3.05) is 5.75 Å². The SMILES string of the molecule is O=C(CSc1nc2c(cnn2-c2ccc(Cl)cc2)c(=O)[nH]1)NC1CCCCC1. The number of thioether (sulfide) groups is 1. The van der Waals surface area contributed by atoms with Gasteiger partial charge in [-0.05, 0) is 37.1 Å². The largest absolute Gasteiger partial charge is 0.353 e. The topological polar surface area (TPSA) is 92.7 Å². The number of carbonyl (C=O) groups is 1. The highest BCUT2D eigenvalue weighted by Gasteiger charge is 2.17. The third kappa shape index (κ3) is 4.23. The summed E-state index contributed by atoms with van der Waals surface area (Å²) in [5.74, 6) is 0.172. The molecule has 7 nitrogen and oxygen atoms in total. The molecule has 0 atom stereocenters. The molecule has 0 aliphatic heterocycles. The van der Waals surface area contributed by atoms with Crippen molar-refractivity contribution in [3.8, 4) is 5.69 Å². The zero-order chi connectivity index (χ0) is 19.5. The van der Waals surface area contributed by atoms with Gasteiger partial charge in [0.1, 0.15) is 5.39 Å². The third-order valence-corrected chi connectivity index (χ3v) is 5.92. The number of nitrogens with one attached hydrogen (secondary N) is 2. The first-order valence-corrected chi connectivity index (χ1v) is 10.6. The number of aromatic nitrogens is 4. The van der Waals surface area contributed by atoms with Crippen molar-refractivity contribution in [1.82, 2.24) is 25.1 Å². The minimum Gasteiger partial charge on any atom is -0.353 e. The van der Waals surface area contributed by atoms with E-state index in [0.717, 1.165) is 31.4 Å². The van der Waals surface area contributed by atoms with E-state index in [1.54, 1.807) is 16.8 Å². The molecule has 1 aliphatic rings. The fourth-order valence-corrected chi connectivity index (χ4v) is 4.18. The molecule has 0 saturated heterocycles. The van der Waals surface area contributed by atoms with Crippen LogP contribution in [0.3, 0.4) is 0 Å². The number of carbonyl (C=O) groups excluding carboxylic acids is 1. The van der Waals surface area contributed by atoms with E-state index in [4.69, 9.17) is 11.6 Å². The zero-order valence-corrected chi connectivity index (χ0v) is 16.7. The van der Waals surface area contributed by atoms with E-state index in [9.17, 15) is 9.59 Å². The Labute approximate surface area is 170 Å². The molecule has 1 saturated carbocycles. The standard InChI is InChI=1S/C19H20ClN5O2S/c20-12-6-8-14(9-7-12)25-17-15(10-21-25)18(27)24-19(23-17)28-11-16(26)22-13-4-2-1-3-5-13/h6-10,13H,1-5,11H2,(H,22,26)(H,23,24,27). The quantitative estimate of drug-likeness (QED) is 0.490. The molecule has 1 amide bonds. The molecule has 1 aliphatic carbocycles. The number of benzene rings is 1. The number of rotatable bonds is 5. The molecule has 2 aromatic heterocycles. The van der Waals surface area contributed by atoms with Crippen LogP contribution in [0.1, 0.15) is 32.1 Å². The number of hydrogen-bond acceptors (Lipinski definition) is 5. The lowest BCUT2D eigenvalue weighted by Crippen LogP contribution is -2.37. The van der Waals surface area contributed by atoms with Crippen molar-refractivity contribution < 1.29 is 4.79 Å². The second-order valence-electron chi connectivity index (χ2n) is 6.83. The Morgan fingerprint density at radius 2 is 2.00 bits per heavy atom. The lowest BCUT2D eigenvalue weighted by molar-refractivity contribution is -0.119. The molecular formula is C19H20ClN5O2S. The van der Waals surface area contributed by atoms with Crippen molar-refractivity contribution in [2.45, 2.75) is 43.3 Å². The zero-order valence-electron chi connectivity index (χ0n) is 15.2. The summed E-state index contributed by atoms with van der Waals surface area (Å²) >= 11 is 7.16. The van der Waals surface area contributed by atoms with Crippen molar-refractivity contribution >= 4 is 40.3 Å². The molecule has 146 valence electrons. The normalized spacial score (nSPS) is 15.0. The van der Waals surface area contributed by atoms with E-state index in [2.05, 4.69) is 20.4 Å². The van der Waals surface area contributed by atoms with Gasteiger partial charge in [0.2, 0.25) is 5.91 Å². The van der Waals surface area contributed by atoms with Crippen molar-refractivity contribution in [1.29, 1.82) is 0 Å². The lowest BCUT2D eigenvalue weighted by atomic mass is 9.95. The average Bonchev–Trinajstić information content (AvgIpc) is 3.12. The molecule has 0 unspecified atom stereocenters. The van der Waals surface area contributed by atoms with Crippen LogP contribution in [0.2, 0.25) is 5.02 Å². The fraction of sp³-hybridized carbons (Fsp3) is 0.368. The maximum Gasteiger partial charge on any atom is 0.262 e. The van der Waals surface area contributed by atoms with Gasteiger partial charge in [0.25, 0.3) is 5.56 Å². The maximum atomic E-state index is 12.4. The molecule has 0 spiro atoms. The van der Waals surface area contributed by atoms with E-state index >= 15 is 0 Å². The first kappa shape index (κ1) is 19.0. The summed E-state index contributed by atoms with van der Waals surface area (Å²) in [7, 11) is 0. The number of fused-ring (bicyclic) bond motifs is 1. The van der Waals surface area contributed by atoms with Gasteiger partial charge in [-0.25, -0.2) is 9.67 Å². The summed E-state index contributed by atoms with van der Waals surface area (Å²) in [5, 5.41) is 8.75. The van der Waals surface area contributed by atoms with E-state index in [1.807, 2.05) is 12.1 Å².